The minimum absolute atomic E-state index is 0.0257. The van der Waals surface area contributed by atoms with Crippen molar-refractivity contribution in [2.45, 2.75) is 43.6 Å². The molecule has 0 bridgehead atoms. The van der Waals surface area contributed by atoms with Gasteiger partial charge in [0, 0.05) is 50.7 Å². The van der Waals surface area contributed by atoms with E-state index in [1.165, 1.54) is 37.9 Å². The standard InChI is InChI=1S/C28H30F7N3O2S/c1-26(2,18-12-19(27(30,31)32)14-20(13-18)28(33,34)35)24(39)36(3)23-16-38(25(40)37-8-10-41-11-9-37)15-22(23)17-4-6-21(29)7-5-17/h4-7,12-14,22-23H,8-11,15-16H2,1-3H3/t22?,23-/m1/s1. The zero-order chi connectivity index (χ0) is 30.3. The van der Waals surface area contributed by atoms with E-state index in [4.69, 9.17) is 0 Å². The minimum Gasteiger partial charge on any atom is -0.340 e. The van der Waals surface area contributed by atoms with Gasteiger partial charge in [0.2, 0.25) is 5.91 Å². The van der Waals surface area contributed by atoms with Crippen LogP contribution >= 0.6 is 11.8 Å². The summed E-state index contributed by atoms with van der Waals surface area (Å²) in [7, 11) is 1.43. The molecular formula is C28H30F7N3O2S. The molecule has 4 rings (SSSR count). The van der Waals surface area contributed by atoms with Crippen LogP contribution in [0.2, 0.25) is 0 Å². The van der Waals surface area contributed by atoms with Crippen molar-refractivity contribution in [1.29, 1.82) is 0 Å². The van der Waals surface area contributed by atoms with Crippen molar-refractivity contribution < 1.29 is 40.3 Å². The van der Waals surface area contributed by atoms with Gasteiger partial charge in [0.1, 0.15) is 5.82 Å². The lowest BCUT2D eigenvalue weighted by Crippen LogP contribution is -2.50. The Hall–Kier alpha value is -2.96. The molecule has 2 aliphatic rings. The van der Waals surface area contributed by atoms with Crippen LogP contribution in [0.25, 0.3) is 0 Å². The van der Waals surface area contributed by atoms with Crippen molar-refractivity contribution in [3.05, 3.63) is 70.5 Å². The third-order valence-corrected chi connectivity index (χ3v) is 8.74. The first-order valence-electron chi connectivity index (χ1n) is 12.9. The van der Waals surface area contributed by atoms with E-state index in [0.29, 0.717) is 30.8 Å². The Bertz CT molecular complexity index is 1240. The van der Waals surface area contributed by atoms with Crippen molar-refractivity contribution in [1.82, 2.24) is 14.7 Å². The number of benzene rings is 2. The lowest BCUT2D eigenvalue weighted by molar-refractivity contribution is -0.144. The topological polar surface area (TPSA) is 43.9 Å². The highest BCUT2D eigenvalue weighted by molar-refractivity contribution is 7.99. The second-order valence-electron chi connectivity index (χ2n) is 10.8. The molecule has 2 heterocycles. The van der Waals surface area contributed by atoms with E-state index in [0.717, 1.165) is 11.5 Å². The highest BCUT2D eigenvalue weighted by Crippen LogP contribution is 2.40. The summed E-state index contributed by atoms with van der Waals surface area (Å²) in [6.45, 7) is 3.97. The molecule has 13 heteroatoms. The van der Waals surface area contributed by atoms with Gasteiger partial charge in [-0.05, 0) is 55.3 Å². The van der Waals surface area contributed by atoms with Crippen LogP contribution in [0.3, 0.4) is 0 Å². The van der Waals surface area contributed by atoms with Crippen molar-refractivity contribution >= 4 is 23.7 Å². The predicted octanol–water partition coefficient (Wildman–Crippen LogP) is 6.24. The van der Waals surface area contributed by atoms with E-state index in [2.05, 4.69) is 0 Å². The lowest BCUT2D eigenvalue weighted by atomic mass is 9.80. The molecule has 2 atom stereocenters. The number of hydrogen-bond acceptors (Lipinski definition) is 3. The molecule has 2 fully saturated rings. The molecule has 0 spiro atoms. The van der Waals surface area contributed by atoms with Gasteiger partial charge in [-0.1, -0.05) is 12.1 Å². The number of alkyl halides is 6. The molecule has 2 aromatic carbocycles. The summed E-state index contributed by atoms with van der Waals surface area (Å²) in [5.41, 5.74) is -4.59. The summed E-state index contributed by atoms with van der Waals surface area (Å²) in [4.78, 5) is 31.8. The summed E-state index contributed by atoms with van der Waals surface area (Å²) in [6.07, 6.45) is -10.1. The third-order valence-electron chi connectivity index (χ3n) is 7.80. The van der Waals surface area contributed by atoms with Gasteiger partial charge in [0.15, 0.2) is 0 Å². The van der Waals surface area contributed by atoms with Crippen LogP contribution in [0.15, 0.2) is 42.5 Å². The molecule has 41 heavy (non-hydrogen) atoms. The number of hydrogen-bond donors (Lipinski definition) is 0. The fourth-order valence-corrected chi connectivity index (χ4v) is 6.26. The summed E-state index contributed by atoms with van der Waals surface area (Å²) in [5.74, 6) is -0.0824. The number of amides is 3. The first-order chi connectivity index (χ1) is 19.0. The van der Waals surface area contributed by atoms with Gasteiger partial charge in [-0.2, -0.15) is 38.1 Å². The molecule has 0 aliphatic carbocycles. The molecule has 0 N–H and O–H groups in total. The summed E-state index contributed by atoms with van der Waals surface area (Å²) in [6, 6.07) is 5.88. The third kappa shape index (κ3) is 6.60. The van der Waals surface area contributed by atoms with Crippen LogP contribution in [-0.2, 0) is 22.6 Å². The van der Waals surface area contributed by atoms with E-state index in [-0.39, 0.29) is 25.2 Å². The number of halogens is 7. The largest absolute Gasteiger partial charge is 0.416 e. The molecule has 224 valence electrons. The highest BCUT2D eigenvalue weighted by atomic mass is 32.2. The molecule has 5 nitrogen and oxygen atoms in total. The minimum atomic E-state index is -5.06. The fraction of sp³-hybridized carbons (Fsp3) is 0.500. The SMILES string of the molecule is CN(C(=O)C(C)(C)c1cc(C(F)(F)F)cc(C(F)(F)F)c1)[C@@H]1CN(C(=O)N2CCSCC2)CC1c1ccc(F)cc1. The summed E-state index contributed by atoms with van der Waals surface area (Å²) in [5, 5.41) is 0. The molecule has 2 saturated heterocycles. The van der Waals surface area contributed by atoms with Crippen LogP contribution in [-0.4, -0.2) is 77.4 Å². The Morgan fingerprint density at radius 1 is 0.829 bits per heavy atom. The number of likely N-dealkylation sites (N-methyl/N-ethyl adjacent to an activating group) is 1. The van der Waals surface area contributed by atoms with Crippen LogP contribution in [0.5, 0.6) is 0 Å². The number of urea groups is 1. The molecule has 3 amide bonds. The fourth-order valence-electron chi connectivity index (χ4n) is 5.36. The molecule has 1 unspecified atom stereocenters. The van der Waals surface area contributed by atoms with Crippen LogP contribution < -0.4 is 0 Å². The number of carbonyl (C=O) groups excluding carboxylic acids is 2. The first-order valence-corrected chi connectivity index (χ1v) is 14.1. The van der Waals surface area contributed by atoms with Crippen molar-refractivity contribution in [3.8, 4) is 0 Å². The first kappa shape index (κ1) is 31.0. The van der Waals surface area contributed by atoms with Gasteiger partial charge in [0.05, 0.1) is 22.6 Å². The lowest BCUT2D eigenvalue weighted by Gasteiger charge is -2.36. The van der Waals surface area contributed by atoms with Crippen molar-refractivity contribution in [2.75, 3.05) is 44.7 Å². The zero-order valence-corrected chi connectivity index (χ0v) is 23.5. The van der Waals surface area contributed by atoms with E-state index in [9.17, 15) is 40.3 Å². The number of nitrogens with zero attached hydrogens (tertiary/aromatic N) is 3. The quantitative estimate of drug-likeness (QED) is 0.388. The second kappa shape index (κ2) is 11.4. The van der Waals surface area contributed by atoms with Gasteiger partial charge < -0.3 is 14.7 Å². The molecule has 2 aliphatic heterocycles. The van der Waals surface area contributed by atoms with Crippen LogP contribution in [0.4, 0.5) is 35.5 Å². The maximum absolute atomic E-state index is 13.9. The van der Waals surface area contributed by atoms with E-state index < -0.39 is 58.1 Å². The summed E-state index contributed by atoms with van der Waals surface area (Å²) < 4.78 is 94.9. The molecular weight excluding hydrogens is 575 g/mol. The number of likely N-dealkylation sites (tertiary alicyclic amines) is 1. The number of carbonyl (C=O) groups is 2. The Balaban J connectivity index is 1.68. The smallest absolute Gasteiger partial charge is 0.340 e. The van der Waals surface area contributed by atoms with Crippen molar-refractivity contribution in [3.63, 3.8) is 0 Å². The summed E-state index contributed by atoms with van der Waals surface area (Å²) >= 11 is 1.73. The second-order valence-corrected chi connectivity index (χ2v) is 12.1. The highest BCUT2D eigenvalue weighted by Gasteiger charge is 2.46. The van der Waals surface area contributed by atoms with Crippen molar-refractivity contribution in [2.24, 2.45) is 0 Å². The molecule has 2 aromatic rings. The predicted molar refractivity (Wildman–Crippen MR) is 141 cm³/mol. The average molecular weight is 606 g/mol. The van der Waals surface area contributed by atoms with Crippen LogP contribution in [0, 0.1) is 5.82 Å². The van der Waals surface area contributed by atoms with Crippen LogP contribution in [0.1, 0.15) is 42.0 Å². The normalized spacial score (nSPS) is 20.3. The van der Waals surface area contributed by atoms with Gasteiger partial charge in [-0.15, -0.1) is 0 Å². The van der Waals surface area contributed by atoms with Gasteiger partial charge >= 0.3 is 18.4 Å². The number of thioether (sulfide) groups is 1. The molecule has 0 saturated carbocycles. The van der Waals surface area contributed by atoms with Gasteiger partial charge in [-0.3, -0.25) is 4.79 Å². The zero-order valence-electron chi connectivity index (χ0n) is 22.7. The maximum atomic E-state index is 13.9. The average Bonchev–Trinajstić information content (AvgIpc) is 3.37. The van der Waals surface area contributed by atoms with E-state index >= 15 is 0 Å². The molecule has 0 radical (unpaired) electrons. The monoisotopic (exact) mass is 605 g/mol. The Morgan fingerprint density at radius 3 is 1.85 bits per heavy atom. The molecule has 0 aromatic heterocycles. The van der Waals surface area contributed by atoms with E-state index in [1.807, 2.05) is 0 Å². The Morgan fingerprint density at radius 2 is 1.34 bits per heavy atom. The Kier molecular flexibility index (Phi) is 8.60. The Labute approximate surface area is 237 Å². The maximum Gasteiger partial charge on any atom is 0.416 e. The van der Waals surface area contributed by atoms with Gasteiger partial charge in [-0.25, -0.2) is 9.18 Å². The van der Waals surface area contributed by atoms with Gasteiger partial charge in [0.25, 0.3) is 0 Å². The van der Waals surface area contributed by atoms with E-state index in [1.54, 1.807) is 33.7 Å². The number of rotatable bonds is 4.